The minimum atomic E-state index is -1.15. The second-order valence-corrected chi connectivity index (χ2v) is 3.97. The number of nitrogens with zero attached hydrogens (tertiary/aromatic N) is 3. The highest BCUT2D eigenvalue weighted by molar-refractivity contribution is 5.86. The Kier molecular flexibility index (Phi) is 2.45. The summed E-state index contributed by atoms with van der Waals surface area (Å²) in [6, 6.07) is 3.14. The molecule has 0 fully saturated rings. The van der Waals surface area contributed by atoms with Crippen LogP contribution in [0, 0.1) is 0 Å². The summed E-state index contributed by atoms with van der Waals surface area (Å²) >= 11 is 0. The lowest BCUT2D eigenvalue weighted by atomic mass is 10.2. The van der Waals surface area contributed by atoms with E-state index >= 15 is 0 Å². The molecule has 0 atom stereocenters. The SMILES string of the molecule is O=C(O)c1occc1Cn1ccn2nccc2c1=O. The third-order valence-electron chi connectivity index (χ3n) is 2.82. The van der Waals surface area contributed by atoms with Crippen LogP contribution in [0.4, 0.5) is 0 Å². The number of carboxylic acids is 1. The maximum absolute atomic E-state index is 12.1. The van der Waals surface area contributed by atoms with E-state index in [1.165, 1.54) is 27.6 Å². The number of hydrogen-bond acceptors (Lipinski definition) is 4. The van der Waals surface area contributed by atoms with Crippen LogP contribution in [0.1, 0.15) is 16.1 Å². The van der Waals surface area contributed by atoms with Crippen LogP contribution in [0.5, 0.6) is 0 Å². The summed E-state index contributed by atoms with van der Waals surface area (Å²) in [5.41, 5.74) is 0.638. The number of carbonyl (C=O) groups is 1. The number of fused-ring (bicyclic) bond motifs is 1. The van der Waals surface area contributed by atoms with Gasteiger partial charge in [-0.05, 0) is 12.1 Å². The summed E-state index contributed by atoms with van der Waals surface area (Å²) in [5, 5.41) is 12.9. The Balaban J connectivity index is 2.06. The quantitative estimate of drug-likeness (QED) is 0.752. The van der Waals surface area contributed by atoms with E-state index in [1.54, 1.807) is 18.5 Å². The summed E-state index contributed by atoms with van der Waals surface area (Å²) in [6.45, 7) is 0.138. The average molecular weight is 259 g/mol. The molecule has 0 aliphatic heterocycles. The number of rotatable bonds is 3. The van der Waals surface area contributed by atoms with E-state index in [0.717, 1.165) is 0 Å². The minimum absolute atomic E-state index is 0.138. The first-order valence-electron chi connectivity index (χ1n) is 5.49. The van der Waals surface area contributed by atoms with E-state index in [-0.39, 0.29) is 17.9 Å². The first kappa shape index (κ1) is 11.3. The van der Waals surface area contributed by atoms with Gasteiger partial charge < -0.3 is 14.1 Å². The molecule has 3 heterocycles. The monoisotopic (exact) mass is 259 g/mol. The standard InChI is InChI=1S/C12H9N3O4/c16-11-9-1-3-13-15(9)5-4-14(11)7-8-2-6-19-10(8)12(17)18/h1-6H,7H2,(H,17,18). The summed E-state index contributed by atoms with van der Waals surface area (Å²) in [6.07, 6.45) is 6.01. The van der Waals surface area contributed by atoms with Gasteiger partial charge in [-0.2, -0.15) is 5.10 Å². The topological polar surface area (TPSA) is 89.7 Å². The Bertz CT molecular complexity index is 812. The van der Waals surface area contributed by atoms with Crippen molar-refractivity contribution in [1.82, 2.24) is 14.2 Å². The molecule has 0 saturated carbocycles. The third kappa shape index (κ3) is 1.81. The molecule has 0 spiro atoms. The molecule has 19 heavy (non-hydrogen) atoms. The highest BCUT2D eigenvalue weighted by Gasteiger charge is 2.15. The van der Waals surface area contributed by atoms with Crippen molar-refractivity contribution in [3.8, 4) is 0 Å². The predicted molar refractivity (Wildman–Crippen MR) is 64.2 cm³/mol. The second-order valence-electron chi connectivity index (χ2n) is 3.97. The van der Waals surface area contributed by atoms with Crippen LogP contribution < -0.4 is 5.56 Å². The molecule has 3 aromatic rings. The Morgan fingerprint density at radius 1 is 1.37 bits per heavy atom. The van der Waals surface area contributed by atoms with E-state index < -0.39 is 5.97 Å². The smallest absolute Gasteiger partial charge is 0.372 e. The lowest BCUT2D eigenvalue weighted by Crippen LogP contribution is -2.22. The summed E-state index contributed by atoms with van der Waals surface area (Å²) in [4.78, 5) is 23.1. The third-order valence-corrected chi connectivity index (χ3v) is 2.82. The van der Waals surface area contributed by atoms with Gasteiger partial charge in [0.15, 0.2) is 0 Å². The number of hydrogen-bond donors (Lipinski definition) is 1. The zero-order valence-corrected chi connectivity index (χ0v) is 9.68. The highest BCUT2D eigenvalue weighted by Crippen LogP contribution is 2.11. The van der Waals surface area contributed by atoms with Gasteiger partial charge in [0.1, 0.15) is 5.52 Å². The van der Waals surface area contributed by atoms with Crippen LogP contribution in [0.2, 0.25) is 0 Å². The van der Waals surface area contributed by atoms with Crippen LogP contribution in [0.3, 0.4) is 0 Å². The lowest BCUT2D eigenvalue weighted by Gasteiger charge is -2.05. The van der Waals surface area contributed by atoms with Crippen molar-refractivity contribution in [3.63, 3.8) is 0 Å². The van der Waals surface area contributed by atoms with E-state index in [0.29, 0.717) is 11.1 Å². The molecule has 0 amide bonds. The molecule has 7 nitrogen and oxygen atoms in total. The minimum Gasteiger partial charge on any atom is -0.475 e. The van der Waals surface area contributed by atoms with Crippen molar-refractivity contribution in [2.45, 2.75) is 6.54 Å². The van der Waals surface area contributed by atoms with Gasteiger partial charge in [-0.15, -0.1) is 0 Å². The molecular weight excluding hydrogens is 250 g/mol. The molecule has 7 heteroatoms. The zero-order valence-electron chi connectivity index (χ0n) is 9.68. The van der Waals surface area contributed by atoms with Gasteiger partial charge in [0.25, 0.3) is 5.56 Å². The van der Waals surface area contributed by atoms with Gasteiger partial charge >= 0.3 is 5.97 Å². The van der Waals surface area contributed by atoms with E-state index in [4.69, 9.17) is 9.52 Å². The van der Waals surface area contributed by atoms with Crippen molar-refractivity contribution >= 4 is 11.5 Å². The molecule has 1 N–H and O–H groups in total. The number of carboxylic acid groups (broad SMARTS) is 1. The molecular formula is C12H9N3O4. The summed E-state index contributed by atoms with van der Waals surface area (Å²) < 4.78 is 7.75. The number of furan rings is 1. The fourth-order valence-electron chi connectivity index (χ4n) is 1.92. The molecule has 3 rings (SSSR count). The lowest BCUT2D eigenvalue weighted by molar-refractivity contribution is 0.0660. The van der Waals surface area contributed by atoms with Crippen LogP contribution in [0.15, 0.2) is 46.2 Å². The first-order chi connectivity index (χ1) is 9.16. The Hall–Kier alpha value is -2.83. The Morgan fingerprint density at radius 3 is 3.00 bits per heavy atom. The zero-order chi connectivity index (χ0) is 13.4. The van der Waals surface area contributed by atoms with Crippen molar-refractivity contribution in [2.75, 3.05) is 0 Å². The van der Waals surface area contributed by atoms with Gasteiger partial charge in [0.2, 0.25) is 5.76 Å². The molecule has 0 aromatic carbocycles. The van der Waals surface area contributed by atoms with E-state index in [1.807, 2.05) is 0 Å². The molecule has 0 saturated heterocycles. The molecule has 0 radical (unpaired) electrons. The molecule has 96 valence electrons. The molecule has 3 aromatic heterocycles. The Morgan fingerprint density at radius 2 is 2.21 bits per heavy atom. The van der Waals surface area contributed by atoms with Crippen molar-refractivity contribution < 1.29 is 14.3 Å². The second kappa shape index (κ2) is 4.13. The highest BCUT2D eigenvalue weighted by atomic mass is 16.4. The van der Waals surface area contributed by atoms with Gasteiger partial charge in [-0.1, -0.05) is 0 Å². The maximum Gasteiger partial charge on any atom is 0.372 e. The van der Waals surface area contributed by atoms with Gasteiger partial charge in [0.05, 0.1) is 19.0 Å². The van der Waals surface area contributed by atoms with Crippen LogP contribution in [-0.4, -0.2) is 25.3 Å². The van der Waals surface area contributed by atoms with Crippen LogP contribution in [-0.2, 0) is 6.54 Å². The first-order valence-corrected chi connectivity index (χ1v) is 5.49. The van der Waals surface area contributed by atoms with Gasteiger partial charge in [0, 0.05) is 18.0 Å². The average Bonchev–Trinajstić information content (AvgIpc) is 3.01. The number of aromatic nitrogens is 3. The summed E-state index contributed by atoms with van der Waals surface area (Å²) in [7, 11) is 0. The van der Waals surface area contributed by atoms with E-state index in [9.17, 15) is 9.59 Å². The van der Waals surface area contributed by atoms with E-state index in [2.05, 4.69) is 5.10 Å². The Labute approximate surface area is 106 Å². The maximum atomic E-state index is 12.1. The predicted octanol–water partition coefficient (Wildman–Crippen LogP) is 0.835. The van der Waals surface area contributed by atoms with Gasteiger partial charge in [-0.25, -0.2) is 9.31 Å². The number of aromatic carboxylic acids is 1. The molecule has 0 aliphatic rings. The normalized spacial score (nSPS) is 10.9. The summed E-state index contributed by atoms with van der Waals surface area (Å²) in [5.74, 6) is -1.31. The largest absolute Gasteiger partial charge is 0.475 e. The van der Waals surface area contributed by atoms with Crippen molar-refractivity contribution in [3.05, 3.63) is 58.7 Å². The fourth-order valence-corrected chi connectivity index (χ4v) is 1.92. The van der Waals surface area contributed by atoms with Crippen LogP contribution >= 0.6 is 0 Å². The molecule has 0 aliphatic carbocycles. The van der Waals surface area contributed by atoms with Crippen molar-refractivity contribution in [2.24, 2.45) is 0 Å². The van der Waals surface area contributed by atoms with Crippen molar-refractivity contribution in [1.29, 1.82) is 0 Å². The van der Waals surface area contributed by atoms with Gasteiger partial charge in [-0.3, -0.25) is 4.79 Å². The fraction of sp³-hybridized carbons (Fsp3) is 0.0833. The molecule has 0 unspecified atom stereocenters. The van der Waals surface area contributed by atoms with Crippen LogP contribution in [0.25, 0.3) is 5.52 Å². The molecule has 0 bridgehead atoms.